The molecule has 2 unspecified atom stereocenters. The van der Waals surface area contributed by atoms with Crippen LogP contribution >= 0.6 is 0 Å². The van der Waals surface area contributed by atoms with Crippen LogP contribution in [-0.2, 0) is 6.54 Å². The van der Waals surface area contributed by atoms with Gasteiger partial charge in [-0.15, -0.1) is 0 Å². The van der Waals surface area contributed by atoms with Gasteiger partial charge in [-0.3, -0.25) is 4.90 Å². The Balaban J connectivity index is 2.04. The summed E-state index contributed by atoms with van der Waals surface area (Å²) in [6, 6.07) is 12.3. The second-order valence-electron chi connectivity index (χ2n) is 5.01. The summed E-state index contributed by atoms with van der Waals surface area (Å²) in [5.41, 5.74) is 1.44. The summed E-state index contributed by atoms with van der Waals surface area (Å²) in [5, 5.41) is 3.33. The number of likely N-dealkylation sites (tertiary alicyclic amines) is 1. The van der Waals surface area contributed by atoms with Gasteiger partial charge in [0, 0.05) is 25.2 Å². The first kappa shape index (κ1) is 12.6. The van der Waals surface area contributed by atoms with E-state index in [1.165, 1.54) is 24.8 Å². The molecule has 2 nitrogen and oxygen atoms in total. The monoisotopic (exact) mass is 232 g/mol. The van der Waals surface area contributed by atoms with Crippen molar-refractivity contribution in [1.29, 1.82) is 0 Å². The van der Waals surface area contributed by atoms with Gasteiger partial charge in [-0.05, 0) is 31.9 Å². The summed E-state index contributed by atoms with van der Waals surface area (Å²) in [5.74, 6) is 0. The van der Waals surface area contributed by atoms with E-state index in [-0.39, 0.29) is 0 Å². The molecule has 0 amide bonds. The molecule has 0 bridgehead atoms. The van der Waals surface area contributed by atoms with Crippen LogP contribution in [0.5, 0.6) is 0 Å². The zero-order valence-corrected chi connectivity index (χ0v) is 11.0. The molecule has 17 heavy (non-hydrogen) atoms. The molecule has 1 N–H and O–H groups in total. The molecule has 0 saturated carbocycles. The molecule has 0 radical (unpaired) electrons. The van der Waals surface area contributed by atoms with Gasteiger partial charge in [-0.1, -0.05) is 37.3 Å². The molecular weight excluding hydrogens is 208 g/mol. The van der Waals surface area contributed by atoms with Crippen LogP contribution < -0.4 is 5.32 Å². The second-order valence-corrected chi connectivity index (χ2v) is 5.01. The molecule has 2 heteroatoms. The van der Waals surface area contributed by atoms with Crippen LogP contribution in [0.3, 0.4) is 0 Å². The van der Waals surface area contributed by atoms with Crippen LogP contribution in [0.1, 0.15) is 31.7 Å². The van der Waals surface area contributed by atoms with Gasteiger partial charge in [-0.2, -0.15) is 0 Å². The molecule has 0 aromatic heterocycles. The van der Waals surface area contributed by atoms with Crippen LogP contribution in [-0.4, -0.2) is 30.6 Å². The number of hydrogen-bond donors (Lipinski definition) is 1. The van der Waals surface area contributed by atoms with Gasteiger partial charge >= 0.3 is 0 Å². The van der Waals surface area contributed by atoms with E-state index in [9.17, 15) is 0 Å². The van der Waals surface area contributed by atoms with E-state index < -0.39 is 0 Å². The van der Waals surface area contributed by atoms with Gasteiger partial charge in [0.1, 0.15) is 0 Å². The van der Waals surface area contributed by atoms with E-state index >= 15 is 0 Å². The van der Waals surface area contributed by atoms with Gasteiger partial charge in [-0.25, -0.2) is 0 Å². The third-order valence-electron chi connectivity index (χ3n) is 3.89. The number of likely N-dealkylation sites (N-methyl/N-ethyl adjacent to an activating group) is 1. The van der Waals surface area contributed by atoms with Crippen molar-refractivity contribution in [3.05, 3.63) is 35.9 Å². The van der Waals surface area contributed by atoms with Crippen molar-refractivity contribution in [3.63, 3.8) is 0 Å². The predicted molar refractivity (Wildman–Crippen MR) is 73.0 cm³/mol. The van der Waals surface area contributed by atoms with Gasteiger partial charge in [0.05, 0.1) is 0 Å². The Labute approximate surface area is 105 Å². The largest absolute Gasteiger partial charge is 0.318 e. The molecule has 2 atom stereocenters. The first-order chi connectivity index (χ1) is 8.35. The molecule has 1 heterocycles. The van der Waals surface area contributed by atoms with Crippen LogP contribution in [0.4, 0.5) is 0 Å². The van der Waals surface area contributed by atoms with Crippen molar-refractivity contribution >= 4 is 0 Å². The fourth-order valence-electron chi connectivity index (χ4n) is 2.96. The fraction of sp³-hybridized carbons (Fsp3) is 0.600. The molecule has 1 saturated heterocycles. The minimum atomic E-state index is 0.713. The third-order valence-corrected chi connectivity index (χ3v) is 3.89. The van der Waals surface area contributed by atoms with Gasteiger partial charge in [0.25, 0.3) is 0 Å². The van der Waals surface area contributed by atoms with Crippen LogP contribution in [0.25, 0.3) is 0 Å². The number of nitrogens with one attached hydrogen (secondary N) is 1. The van der Waals surface area contributed by atoms with E-state index in [4.69, 9.17) is 0 Å². The van der Waals surface area contributed by atoms with Crippen molar-refractivity contribution in [2.45, 2.75) is 44.8 Å². The zero-order valence-electron chi connectivity index (χ0n) is 11.0. The number of rotatable bonds is 5. The quantitative estimate of drug-likeness (QED) is 0.839. The van der Waals surface area contributed by atoms with Crippen molar-refractivity contribution in [3.8, 4) is 0 Å². The first-order valence-corrected chi connectivity index (χ1v) is 6.79. The normalized spacial score (nSPS) is 25.3. The third kappa shape index (κ3) is 3.08. The Kier molecular flexibility index (Phi) is 4.57. The lowest BCUT2D eigenvalue weighted by atomic mass is 10.1. The lowest BCUT2D eigenvalue weighted by molar-refractivity contribution is 0.178. The minimum Gasteiger partial charge on any atom is -0.318 e. The van der Waals surface area contributed by atoms with Crippen LogP contribution in [0, 0.1) is 0 Å². The molecule has 1 aromatic carbocycles. The average molecular weight is 232 g/mol. The Morgan fingerprint density at radius 1 is 1.18 bits per heavy atom. The highest BCUT2D eigenvalue weighted by Crippen LogP contribution is 2.27. The summed E-state index contributed by atoms with van der Waals surface area (Å²) in [4.78, 5) is 2.69. The van der Waals surface area contributed by atoms with E-state index in [1.54, 1.807) is 0 Å². The Hall–Kier alpha value is -0.860. The van der Waals surface area contributed by atoms with E-state index in [2.05, 4.69) is 54.5 Å². The molecule has 1 fully saturated rings. The molecule has 94 valence electrons. The Bertz CT molecular complexity index is 323. The topological polar surface area (TPSA) is 15.3 Å². The first-order valence-electron chi connectivity index (χ1n) is 6.79. The molecule has 1 aliphatic rings. The minimum absolute atomic E-state index is 0.713. The zero-order chi connectivity index (χ0) is 12.1. The number of benzene rings is 1. The summed E-state index contributed by atoms with van der Waals surface area (Å²) in [6.45, 7) is 4.53. The molecular formula is C15H24N2. The average Bonchev–Trinajstić information content (AvgIpc) is 2.74. The van der Waals surface area contributed by atoms with Crippen LogP contribution in [0.2, 0.25) is 0 Å². The van der Waals surface area contributed by atoms with Gasteiger partial charge in [0.15, 0.2) is 0 Å². The maximum absolute atomic E-state index is 3.33. The van der Waals surface area contributed by atoms with Crippen molar-refractivity contribution in [1.82, 2.24) is 10.2 Å². The summed E-state index contributed by atoms with van der Waals surface area (Å²) >= 11 is 0. The smallest absolute Gasteiger partial charge is 0.0240 e. The SMILES string of the molecule is CCC1CCC(CNC)N1Cc1ccccc1. The van der Waals surface area contributed by atoms with E-state index in [1.807, 2.05) is 0 Å². The summed E-state index contributed by atoms with van der Waals surface area (Å²) in [6.07, 6.45) is 3.97. The van der Waals surface area contributed by atoms with E-state index in [0.717, 1.165) is 19.1 Å². The number of hydrogen-bond acceptors (Lipinski definition) is 2. The van der Waals surface area contributed by atoms with Gasteiger partial charge in [0.2, 0.25) is 0 Å². The van der Waals surface area contributed by atoms with E-state index in [0.29, 0.717) is 6.04 Å². The van der Waals surface area contributed by atoms with Gasteiger partial charge < -0.3 is 5.32 Å². The predicted octanol–water partition coefficient (Wildman–Crippen LogP) is 2.65. The van der Waals surface area contributed by atoms with Crippen molar-refractivity contribution in [2.24, 2.45) is 0 Å². The highest BCUT2D eigenvalue weighted by atomic mass is 15.2. The highest BCUT2D eigenvalue weighted by molar-refractivity contribution is 5.15. The maximum atomic E-state index is 3.33. The summed E-state index contributed by atoms with van der Waals surface area (Å²) in [7, 11) is 2.06. The van der Waals surface area contributed by atoms with Crippen molar-refractivity contribution < 1.29 is 0 Å². The summed E-state index contributed by atoms with van der Waals surface area (Å²) < 4.78 is 0. The molecule has 0 spiro atoms. The fourth-order valence-corrected chi connectivity index (χ4v) is 2.96. The standard InChI is InChI=1S/C15H24N2/c1-3-14-9-10-15(11-16-2)17(14)12-13-7-5-4-6-8-13/h4-8,14-16H,3,9-12H2,1-2H3. The Morgan fingerprint density at radius 2 is 1.88 bits per heavy atom. The highest BCUT2D eigenvalue weighted by Gasteiger charge is 2.31. The van der Waals surface area contributed by atoms with Crippen molar-refractivity contribution in [2.75, 3.05) is 13.6 Å². The molecule has 2 rings (SSSR count). The molecule has 1 aromatic rings. The van der Waals surface area contributed by atoms with Crippen LogP contribution in [0.15, 0.2) is 30.3 Å². The maximum Gasteiger partial charge on any atom is 0.0240 e. The lowest BCUT2D eigenvalue weighted by Crippen LogP contribution is -2.40. The lowest BCUT2D eigenvalue weighted by Gasteiger charge is -2.29. The molecule has 1 aliphatic heterocycles. The number of nitrogens with zero attached hydrogens (tertiary/aromatic N) is 1. The second kappa shape index (κ2) is 6.18. The molecule has 0 aliphatic carbocycles. The Morgan fingerprint density at radius 3 is 2.53 bits per heavy atom.